The topological polar surface area (TPSA) is 95.1 Å². The molecule has 6 heteroatoms. The Morgan fingerprint density at radius 1 is 1.50 bits per heavy atom. The minimum atomic E-state index is -0.828. The van der Waals surface area contributed by atoms with Crippen LogP contribution in [0.2, 0.25) is 0 Å². The van der Waals surface area contributed by atoms with Crippen molar-refractivity contribution in [3.63, 3.8) is 0 Å². The van der Waals surface area contributed by atoms with Crippen molar-refractivity contribution in [1.29, 1.82) is 0 Å². The van der Waals surface area contributed by atoms with Crippen molar-refractivity contribution in [3.05, 3.63) is 22.2 Å². The van der Waals surface area contributed by atoms with Crippen molar-refractivity contribution < 1.29 is 9.90 Å². The van der Waals surface area contributed by atoms with Gasteiger partial charge in [-0.2, -0.15) is 0 Å². The van der Waals surface area contributed by atoms with Crippen LogP contribution in [0.1, 0.15) is 38.9 Å². The van der Waals surface area contributed by atoms with Crippen LogP contribution in [-0.2, 0) is 4.79 Å². The summed E-state index contributed by atoms with van der Waals surface area (Å²) < 4.78 is 0. The number of aromatic amines is 1. The zero-order chi connectivity index (χ0) is 13.7. The summed E-state index contributed by atoms with van der Waals surface area (Å²) in [6.07, 6.45) is 0.0905. The molecule has 0 fully saturated rings. The number of carbonyl (C=O) groups is 1. The fourth-order valence-electron chi connectivity index (χ4n) is 1.49. The lowest BCUT2D eigenvalue weighted by atomic mass is 10.1. The van der Waals surface area contributed by atoms with E-state index in [-0.39, 0.29) is 23.8 Å². The maximum absolute atomic E-state index is 11.4. The third-order valence-corrected chi connectivity index (χ3v) is 2.46. The van der Waals surface area contributed by atoms with Gasteiger partial charge >= 0.3 is 5.97 Å². The number of carboxylic acid groups (broad SMARTS) is 1. The van der Waals surface area contributed by atoms with Crippen LogP contribution in [0.25, 0.3) is 0 Å². The predicted octanol–water partition coefficient (Wildman–Crippen LogP) is 1.42. The highest BCUT2D eigenvalue weighted by atomic mass is 16.4. The van der Waals surface area contributed by atoms with E-state index in [4.69, 9.17) is 5.11 Å². The molecule has 0 bridgehead atoms. The smallest absolute Gasteiger partial charge is 0.303 e. The zero-order valence-electron chi connectivity index (χ0n) is 10.9. The molecule has 0 aromatic carbocycles. The number of aliphatic carboxylic acids is 1. The summed E-state index contributed by atoms with van der Waals surface area (Å²) in [6.45, 7) is 6.18. The van der Waals surface area contributed by atoms with Crippen LogP contribution >= 0.6 is 0 Å². The molecular weight excluding hydrogens is 234 g/mol. The van der Waals surface area contributed by atoms with Gasteiger partial charge in [0.25, 0.3) is 5.56 Å². The molecule has 1 unspecified atom stereocenters. The molecular formula is C12H19N3O3. The molecule has 1 aromatic heterocycles. The van der Waals surface area contributed by atoms with Gasteiger partial charge in [-0.15, -0.1) is 0 Å². The molecule has 0 radical (unpaired) electrons. The zero-order valence-corrected chi connectivity index (χ0v) is 10.9. The molecule has 1 atom stereocenters. The Morgan fingerprint density at radius 2 is 2.17 bits per heavy atom. The Morgan fingerprint density at radius 3 is 2.72 bits per heavy atom. The van der Waals surface area contributed by atoms with Crippen LogP contribution in [0.15, 0.2) is 10.9 Å². The first-order valence-electron chi connectivity index (χ1n) is 5.95. The number of H-pyrrole nitrogens is 1. The highest BCUT2D eigenvalue weighted by Crippen LogP contribution is 2.10. The van der Waals surface area contributed by atoms with E-state index in [9.17, 15) is 9.59 Å². The number of hydrogen-bond donors (Lipinski definition) is 3. The fourth-order valence-corrected chi connectivity index (χ4v) is 1.49. The molecule has 0 aliphatic heterocycles. The van der Waals surface area contributed by atoms with Crippen molar-refractivity contribution >= 4 is 11.8 Å². The Balaban J connectivity index is 2.67. The second kappa shape index (κ2) is 6.18. The number of hydrogen-bond acceptors (Lipinski definition) is 4. The first kappa shape index (κ1) is 14.2. The molecule has 1 aromatic rings. The molecule has 0 aliphatic rings. The van der Waals surface area contributed by atoms with E-state index in [0.29, 0.717) is 18.2 Å². The number of rotatable bonds is 6. The Labute approximate surface area is 105 Å². The third kappa shape index (κ3) is 4.57. The molecule has 0 spiro atoms. The van der Waals surface area contributed by atoms with Crippen LogP contribution < -0.4 is 10.9 Å². The van der Waals surface area contributed by atoms with E-state index in [1.165, 1.54) is 6.07 Å². The van der Waals surface area contributed by atoms with Crippen LogP contribution in [0.3, 0.4) is 0 Å². The number of aromatic nitrogens is 2. The highest BCUT2D eigenvalue weighted by Gasteiger charge is 2.09. The third-order valence-electron chi connectivity index (χ3n) is 2.46. The summed E-state index contributed by atoms with van der Waals surface area (Å²) in [5, 5.41) is 11.6. The van der Waals surface area contributed by atoms with E-state index in [0.717, 1.165) is 0 Å². The molecule has 0 amide bonds. The standard InChI is InChI=1S/C12H19N3O3/c1-7(2)12-14-9(5-10(16)15-12)13-6-8(3)4-11(17)18/h5,7-8H,4,6H2,1-3H3,(H,17,18)(H2,13,14,15,16). The number of nitrogens with one attached hydrogen (secondary N) is 2. The summed E-state index contributed by atoms with van der Waals surface area (Å²) in [5.41, 5.74) is -0.206. The average Bonchev–Trinajstić information content (AvgIpc) is 2.24. The van der Waals surface area contributed by atoms with Gasteiger partial charge in [0.15, 0.2) is 0 Å². The maximum Gasteiger partial charge on any atom is 0.303 e. The molecule has 100 valence electrons. The fraction of sp³-hybridized carbons (Fsp3) is 0.583. The summed E-state index contributed by atoms with van der Waals surface area (Å²) >= 11 is 0. The van der Waals surface area contributed by atoms with Crippen molar-refractivity contribution in [2.45, 2.75) is 33.1 Å². The highest BCUT2D eigenvalue weighted by molar-refractivity contribution is 5.67. The SMILES string of the molecule is CC(CNc1cc(=O)[nH]c(C(C)C)n1)CC(=O)O. The number of carboxylic acids is 1. The van der Waals surface area contributed by atoms with Crippen LogP contribution in [-0.4, -0.2) is 27.6 Å². The van der Waals surface area contributed by atoms with Gasteiger partial charge in [-0.05, 0) is 5.92 Å². The Bertz CT molecular complexity index is 468. The summed E-state index contributed by atoms with van der Waals surface area (Å²) in [4.78, 5) is 28.9. The van der Waals surface area contributed by atoms with Gasteiger partial charge in [-0.25, -0.2) is 4.98 Å². The van der Waals surface area contributed by atoms with Gasteiger partial charge < -0.3 is 15.4 Å². The summed E-state index contributed by atoms with van der Waals surface area (Å²) in [5.74, 6) is 0.392. The molecule has 6 nitrogen and oxygen atoms in total. The minimum Gasteiger partial charge on any atom is -0.481 e. The molecule has 18 heavy (non-hydrogen) atoms. The first-order valence-corrected chi connectivity index (χ1v) is 5.95. The molecule has 0 aliphatic carbocycles. The summed E-state index contributed by atoms with van der Waals surface area (Å²) in [7, 11) is 0. The van der Waals surface area contributed by atoms with E-state index in [1.807, 2.05) is 20.8 Å². The molecule has 0 saturated carbocycles. The lowest BCUT2D eigenvalue weighted by Gasteiger charge is -2.12. The quantitative estimate of drug-likeness (QED) is 0.712. The van der Waals surface area contributed by atoms with E-state index in [1.54, 1.807) is 0 Å². The van der Waals surface area contributed by atoms with Crippen LogP contribution in [0, 0.1) is 5.92 Å². The lowest BCUT2D eigenvalue weighted by molar-refractivity contribution is -0.137. The van der Waals surface area contributed by atoms with Gasteiger partial charge in [0.05, 0.1) is 0 Å². The lowest BCUT2D eigenvalue weighted by Crippen LogP contribution is -2.19. The van der Waals surface area contributed by atoms with Gasteiger partial charge in [0, 0.05) is 24.9 Å². The number of nitrogens with zero attached hydrogens (tertiary/aromatic N) is 1. The number of anilines is 1. The van der Waals surface area contributed by atoms with Crippen LogP contribution in [0.4, 0.5) is 5.82 Å². The van der Waals surface area contributed by atoms with Crippen molar-refractivity contribution in [3.8, 4) is 0 Å². The van der Waals surface area contributed by atoms with Gasteiger partial charge in [0.2, 0.25) is 0 Å². The predicted molar refractivity (Wildman–Crippen MR) is 68.9 cm³/mol. The second-order valence-corrected chi connectivity index (χ2v) is 4.75. The van der Waals surface area contributed by atoms with Crippen molar-refractivity contribution in [2.24, 2.45) is 5.92 Å². The molecule has 1 heterocycles. The van der Waals surface area contributed by atoms with Gasteiger partial charge in [-0.1, -0.05) is 20.8 Å². The average molecular weight is 253 g/mol. The van der Waals surface area contributed by atoms with E-state index < -0.39 is 5.97 Å². The van der Waals surface area contributed by atoms with Gasteiger partial charge in [0.1, 0.15) is 11.6 Å². The first-order chi connectivity index (χ1) is 8.38. The molecule has 0 saturated heterocycles. The van der Waals surface area contributed by atoms with E-state index >= 15 is 0 Å². The van der Waals surface area contributed by atoms with Crippen LogP contribution in [0.5, 0.6) is 0 Å². The largest absolute Gasteiger partial charge is 0.481 e. The Kier molecular flexibility index (Phi) is 4.88. The maximum atomic E-state index is 11.4. The molecule has 3 N–H and O–H groups in total. The monoisotopic (exact) mass is 253 g/mol. The van der Waals surface area contributed by atoms with Gasteiger partial charge in [-0.3, -0.25) is 9.59 Å². The van der Waals surface area contributed by atoms with E-state index in [2.05, 4.69) is 15.3 Å². The molecule has 1 rings (SSSR count). The Hall–Kier alpha value is -1.85. The van der Waals surface area contributed by atoms with Crippen molar-refractivity contribution in [1.82, 2.24) is 9.97 Å². The summed E-state index contributed by atoms with van der Waals surface area (Å²) in [6, 6.07) is 1.37. The minimum absolute atomic E-state index is 0.0221. The van der Waals surface area contributed by atoms with Crippen molar-refractivity contribution in [2.75, 3.05) is 11.9 Å². The second-order valence-electron chi connectivity index (χ2n) is 4.75. The normalized spacial score (nSPS) is 12.4.